The molecule has 1 N–H and O–H groups in total. The number of ether oxygens (including phenoxy) is 1. The summed E-state index contributed by atoms with van der Waals surface area (Å²) in [4.78, 5) is 22.6. The molecule has 1 aromatic heterocycles. The van der Waals surface area contributed by atoms with Crippen LogP contribution in [-0.2, 0) is 4.74 Å². The Morgan fingerprint density at radius 2 is 1.88 bits per heavy atom. The summed E-state index contributed by atoms with van der Waals surface area (Å²) in [6.45, 7) is 6.83. The average molecular weight is 225 g/mol. The molecule has 16 heavy (non-hydrogen) atoms. The van der Waals surface area contributed by atoms with E-state index in [9.17, 15) is 9.59 Å². The largest absolute Gasteiger partial charge is 0.477 e. The number of rotatable bonds is 1. The first-order valence-electron chi connectivity index (χ1n) is 4.87. The fourth-order valence-electron chi connectivity index (χ4n) is 1.26. The average Bonchev–Trinajstić information content (AvgIpc) is 2.43. The lowest BCUT2D eigenvalue weighted by Gasteiger charge is -2.20. The lowest BCUT2D eigenvalue weighted by atomic mass is 10.2. The van der Waals surface area contributed by atoms with E-state index >= 15 is 0 Å². The van der Waals surface area contributed by atoms with Crippen molar-refractivity contribution in [2.75, 3.05) is 0 Å². The molecular weight excluding hydrogens is 210 g/mol. The van der Waals surface area contributed by atoms with Crippen LogP contribution in [0.15, 0.2) is 12.1 Å². The van der Waals surface area contributed by atoms with Gasteiger partial charge in [0.15, 0.2) is 0 Å². The van der Waals surface area contributed by atoms with Crippen molar-refractivity contribution in [2.45, 2.75) is 33.3 Å². The van der Waals surface area contributed by atoms with Gasteiger partial charge in [-0.2, -0.15) is 0 Å². The fourth-order valence-corrected chi connectivity index (χ4v) is 1.26. The van der Waals surface area contributed by atoms with Crippen molar-refractivity contribution >= 4 is 12.1 Å². The number of aromatic nitrogens is 1. The Morgan fingerprint density at radius 3 is 2.31 bits per heavy atom. The summed E-state index contributed by atoms with van der Waals surface area (Å²) in [5, 5.41) is 8.90. The maximum Gasteiger partial charge on any atom is 0.419 e. The highest BCUT2D eigenvalue weighted by Gasteiger charge is 2.23. The zero-order valence-electron chi connectivity index (χ0n) is 9.77. The molecule has 0 unspecified atom stereocenters. The van der Waals surface area contributed by atoms with E-state index in [0.717, 1.165) is 4.57 Å². The van der Waals surface area contributed by atoms with Crippen molar-refractivity contribution < 1.29 is 19.4 Å². The van der Waals surface area contributed by atoms with E-state index in [4.69, 9.17) is 9.84 Å². The molecule has 0 aliphatic carbocycles. The van der Waals surface area contributed by atoms with Crippen LogP contribution < -0.4 is 0 Å². The summed E-state index contributed by atoms with van der Waals surface area (Å²) in [7, 11) is 0. The van der Waals surface area contributed by atoms with Crippen molar-refractivity contribution in [3.63, 3.8) is 0 Å². The first-order chi connectivity index (χ1) is 7.22. The van der Waals surface area contributed by atoms with E-state index in [0.29, 0.717) is 5.69 Å². The van der Waals surface area contributed by atoms with E-state index in [2.05, 4.69) is 0 Å². The minimum Gasteiger partial charge on any atom is -0.477 e. The molecule has 0 amide bonds. The highest BCUT2D eigenvalue weighted by atomic mass is 16.6. The molecule has 0 aliphatic heterocycles. The number of carbonyl (C=O) groups is 2. The van der Waals surface area contributed by atoms with Crippen LogP contribution in [0.3, 0.4) is 0 Å². The lowest BCUT2D eigenvalue weighted by molar-refractivity contribution is 0.0503. The second kappa shape index (κ2) is 4.00. The maximum absolute atomic E-state index is 11.7. The van der Waals surface area contributed by atoms with Crippen LogP contribution in [0.2, 0.25) is 0 Å². The standard InChI is InChI=1S/C11H15NO4/c1-7-5-6-8(9(13)14)12(7)10(15)16-11(2,3)4/h5-6H,1-4H3,(H,13,14). The summed E-state index contributed by atoms with van der Waals surface area (Å²) in [6.07, 6.45) is -0.674. The monoisotopic (exact) mass is 225 g/mol. The van der Waals surface area contributed by atoms with Crippen LogP contribution in [0.5, 0.6) is 0 Å². The zero-order chi connectivity index (χ0) is 12.5. The molecule has 1 rings (SSSR count). The Bertz CT molecular complexity index is 426. The minimum atomic E-state index is -1.15. The molecule has 0 saturated carbocycles. The Balaban J connectivity index is 3.08. The number of carboxylic acids is 1. The van der Waals surface area contributed by atoms with Crippen LogP contribution in [0.4, 0.5) is 4.79 Å². The maximum atomic E-state index is 11.7. The normalized spacial score (nSPS) is 11.2. The van der Waals surface area contributed by atoms with Gasteiger partial charge in [-0.3, -0.25) is 0 Å². The van der Waals surface area contributed by atoms with Gasteiger partial charge in [0.05, 0.1) is 0 Å². The first kappa shape index (κ1) is 12.3. The molecule has 5 nitrogen and oxygen atoms in total. The van der Waals surface area contributed by atoms with E-state index in [1.54, 1.807) is 33.8 Å². The molecule has 1 heterocycles. The molecule has 0 aliphatic rings. The van der Waals surface area contributed by atoms with E-state index in [1.165, 1.54) is 6.07 Å². The lowest BCUT2D eigenvalue weighted by Crippen LogP contribution is -2.29. The third-order valence-electron chi connectivity index (χ3n) is 1.87. The van der Waals surface area contributed by atoms with Gasteiger partial charge in [0.1, 0.15) is 11.3 Å². The fraction of sp³-hybridized carbons (Fsp3) is 0.455. The first-order valence-corrected chi connectivity index (χ1v) is 4.87. The minimum absolute atomic E-state index is 0.0910. The van der Waals surface area contributed by atoms with Gasteiger partial charge in [-0.05, 0) is 39.8 Å². The smallest absolute Gasteiger partial charge is 0.419 e. The second-order valence-electron chi connectivity index (χ2n) is 4.48. The highest BCUT2D eigenvalue weighted by Crippen LogP contribution is 2.14. The zero-order valence-corrected chi connectivity index (χ0v) is 9.77. The predicted octanol–water partition coefficient (Wildman–Crippen LogP) is 2.28. The van der Waals surface area contributed by atoms with Crippen LogP contribution in [-0.4, -0.2) is 27.3 Å². The van der Waals surface area contributed by atoms with Crippen LogP contribution in [0, 0.1) is 6.92 Å². The van der Waals surface area contributed by atoms with Crippen LogP contribution >= 0.6 is 0 Å². The topological polar surface area (TPSA) is 68.5 Å². The Labute approximate surface area is 93.6 Å². The van der Waals surface area contributed by atoms with Gasteiger partial charge < -0.3 is 9.84 Å². The number of aryl methyl sites for hydroxylation is 1. The predicted molar refractivity (Wildman–Crippen MR) is 57.8 cm³/mol. The van der Waals surface area contributed by atoms with Gasteiger partial charge in [-0.25, -0.2) is 14.2 Å². The van der Waals surface area contributed by atoms with Gasteiger partial charge in [-0.15, -0.1) is 0 Å². The molecule has 0 saturated heterocycles. The summed E-state index contributed by atoms with van der Waals surface area (Å²) in [5.74, 6) is -1.15. The van der Waals surface area contributed by atoms with E-state index < -0.39 is 17.7 Å². The van der Waals surface area contributed by atoms with Crippen molar-refractivity contribution in [3.8, 4) is 0 Å². The Hall–Kier alpha value is -1.78. The Morgan fingerprint density at radius 1 is 1.31 bits per heavy atom. The van der Waals surface area contributed by atoms with Gasteiger partial charge in [0.25, 0.3) is 0 Å². The van der Waals surface area contributed by atoms with E-state index in [-0.39, 0.29) is 5.69 Å². The SMILES string of the molecule is Cc1ccc(C(=O)O)n1C(=O)OC(C)(C)C. The number of carboxylic acid groups (broad SMARTS) is 1. The molecule has 0 atom stereocenters. The Kier molecular flexibility index (Phi) is 3.07. The molecule has 0 bridgehead atoms. The van der Waals surface area contributed by atoms with Gasteiger partial charge in [0, 0.05) is 5.69 Å². The summed E-state index contributed by atoms with van der Waals surface area (Å²) < 4.78 is 6.16. The molecule has 0 fully saturated rings. The highest BCUT2D eigenvalue weighted by molar-refractivity contribution is 5.91. The third kappa shape index (κ3) is 2.62. The summed E-state index contributed by atoms with van der Waals surface area (Å²) >= 11 is 0. The molecule has 0 spiro atoms. The van der Waals surface area contributed by atoms with Crippen LogP contribution in [0.25, 0.3) is 0 Å². The second-order valence-corrected chi connectivity index (χ2v) is 4.48. The summed E-state index contributed by atoms with van der Waals surface area (Å²) in [6, 6.07) is 2.94. The number of hydrogen-bond acceptors (Lipinski definition) is 3. The van der Waals surface area contributed by atoms with E-state index in [1.807, 2.05) is 0 Å². The molecular formula is C11H15NO4. The van der Waals surface area contributed by atoms with Crippen LogP contribution in [0.1, 0.15) is 37.0 Å². The molecule has 0 aromatic carbocycles. The number of aromatic carboxylic acids is 1. The number of hydrogen-bond donors (Lipinski definition) is 1. The van der Waals surface area contributed by atoms with Crippen molar-refractivity contribution in [3.05, 3.63) is 23.5 Å². The quantitative estimate of drug-likeness (QED) is 0.796. The molecule has 1 aromatic rings. The third-order valence-corrected chi connectivity index (χ3v) is 1.87. The molecule has 5 heteroatoms. The van der Waals surface area contributed by atoms with Gasteiger partial charge in [0.2, 0.25) is 0 Å². The summed E-state index contributed by atoms with van der Waals surface area (Å²) in [5.41, 5.74) is -0.206. The molecule has 0 radical (unpaired) electrons. The van der Waals surface area contributed by atoms with Crippen molar-refractivity contribution in [2.24, 2.45) is 0 Å². The van der Waals surface area contributed by atoms with Crippen molar-refractivity contribution in [1.82, 2.24) is 4.57 Å². The van der Waals surface area contributed by atoms with Gasteiger partial charge in [-0.1, -0.05) is 0 Å². The molecule has 88 valence electrons. The number of carbonyl (C=O) groups excluding carboxylic acids is 1. The number of nitrogens with zero attached hydrogens (tertiary/aromatic N) is 1. The van der Waals surface area contributed by atoms with Gasteiger partial charge >= 0.3 is 12.1 Å². The van der Waals surface area contributed by atoms with Crippen molar-refractivity contribution in [1.29, 1.82) is 0 Å².